The molecule has 0 fully saturated rings. The molecule has 3 aromatic carbocycles. The molecule has 5 aromatic rings. The number of aromatic nitrogens is 2. The summed E-state index contributed by atoms with van der Waals surface area (Å²) in [5, 5.41) is 0. The van der Waals surface area contributed by atoms with Gasteiger partial charge in [0.2, 0.25) is 11.9 Å². The van der Waals surface area contributed by atoms with E-state index in [0.29, 0.717) is 19.8 Å². The first kappa shape index (κ1) is 24.7. The second kappa shape index (κ2) is 11.0. The average molecular weight is 515 g/mol. The van der Waals surface area contributed by atoms with Crippen molar-refractivity contribution in [3.05, 3.63) is 136 Å². The maximum atomic E-state index is 6.28. The van der Waals surface area contributed by atoms with Gasteiger partial charge in [0.15, 0.2) is 11.5 Å². The van der Waals surface area contributed by atoms with Crippen molar-refractivity contribution in [1.82, 2.24) is 4.52 Å². The minimum atomic E-state index is 0.470. The number of nitrogens with two attached hydrogens (primary N) is 1. The van der Waals surface area contributed by atoms with Gasteiger partial charge in [-0.1, -0.05) is 77.2 Å². The Labute approximate surface area is 228 Å². The largest absolute Gasteiger partial charge is 0.485 e. The Morgan fingerprint density at radius 1 is 0.821 bits per heavy atom. The van der Waals surface area contributed by atoms with Crippen LogP contribution in [0.25, 0.3) is 23.7 Å². The number of nitrogens with zero attached hydrogens (tertiary/aromatic N) is 2. The Morgan fingerprint density at radius 3 is 2.21 bits per heavy atom. The predicted octanol–water partition coefficient (Wildman–Crippen LogP) is 6.12. The number of hydrogen-bond donors (Lipinski definition) is 1. The summed E-state index contributed by atoms with van der Waals surface area (Å²) in [5.74, 6) is 1.45. The molecule has 0 saturated carbocycles. The minimum Gasteiger partial charge on any atom is -0.485 e. The molecule has 0 spiro atoms. The fraction of sp³-hybridized carbons (Fsp3) is 0.147. The molecule has 5 heteroatoms. The first-order chi connectivity index (χ1) is 19.2. The highest BCUT2D eigenvalue weighted by Gasteiger charge is 2.26. The fourth-order valence-corrected chi connectivity index (χ4v) is 5.17. The van der Waals surface area contributed by atoms with Crippen LogP contribution in [0.1, 0.15) is 39.2 Å². The number of rotatable bonds is 10. The van der Waals surface area contributed by atoms with E-state index < -0.39 is 0 Å². The predicted molar refractivity (Wildman–Crippen MR) is 156 cm³/mol. The summed E-state index contributed by atoms with van der Waals surface area (Å²) in [6.07, 6.45) is 11.5. The molecular weight excluding hydrogens is 482 g/mol. The Kier molecular flexibility index (Phi) is 6.98. The van der Waals surface area contributed by atoms with Crippen LogP contribution in [-0.4, -0.2) is 11.1 Å². The molecule has 2 aromatic heterocycles. The Balaban J connectivity index is 1.31. The maximum Gasteiger partial charge on any atom is 0.242 e. The summed E-state index contributed by atoms with van der Waals surface area (Å²) in [6.45, 7) is 3.74. The van der Waals surface area contributed by atoms with Crippen LogP contribution in [0.15, 0.2) is 91.0 Å². The van der Waals surface area contributed by atoms with E-state index in [0.717, 1.165) is 40.3 Å². The van der Waals surface area contributed by atoms with Crippen LogP contribution in [0.5, 0.6) is 11.5 Å². The molecule has 6 rings (SSSR count). The highest BCUT2D eigenvalue weighted by atomic mass is 16.5. The molecule has 0 radical (unpaired) electrons. The number of ether oxygens (including phenoxy) is 2. The fourth-order valence-electron chi connectivity index (χ4n) is 5.17. The Morgan fingerprint density at radius 2 is 1.51 bits per heavy atom. The summed E-state index contributed by atoms with van der Waals surface area (Å²) in [5.41, 5.74) is 15.3. The molecule has 39 heavy (non-hydrogen) atoms. The van der Waals surface area contributed by atoms with Crippen molar-refractivity contribution < 1.29 is 13.8 Å². The van der Waals surface area contributed by atoms with Gasteiger partial charge in [-0.15, -0.1) is 4.52 Å². The third-order valence-corrected chi connectivity index (χ3v) is 7.02. The monoisotopic (exact) mass is 514 g/mol. The zero-order valence-electron chi connectivity index (χ0n) is 22.1. The van der Waals surface area contributed by atoms with Gasteiger partial charge in [0.25, 0.3) is 0 Å². The van der Waals surface area contributed by atoms with Gasteiger partial charge >= 0.3 is 0 Å². The van der Waals surface area contributed by atoms with Crippen molar-refractivity contribution in [3.63, 3.8) is 0 Å². The molecule has 0 bridgehead atoms. The van der Waals surface area contributed by atoms with Crippen molar-refractivity contribution in [2.24, 2.45) is 5.73 Å². The molecule has 1 aliphatic rings. The van der Waals surface area contributed by atoms with Crippen LogP contribution in [0.3, 0.4) is 0 Å². The SMILES string of the molecule is Cc1cc(C=Cc2ccc(OCc3ccccc3)c(OCc3ccccc3)c2)n2c1c(CCN)c1[n+]2=CC=C1. The number of fused-ring (bicyclic) bond motifs is 3. The molecule has 0 aliphatic carbocycles. The number of benzene rings is 3. The van der Waals surface area contributed by atoms with Gasteiger partial charge in [0.05, 0.1) is 5.56 Å². The summed E-state index contributed by atoms with van der Waals surface area (Å²) in [6, 6.07) is 28.7. The van der Waals surface area contributed by atoms with Gasteiger partial charge in [-0.2, -0.15) is 0 Å². The highest BCUT2D eigenvalue weighted by molar-refractivity contribution is 5.76. The minimum absolute atomic E-state index is 0.470. The zero-order chi connectivity index (χ0) is 26.6. The lowest BCUT2D eigenvalue weighted by molar-refractivity contribution is -0.583. The van der Waals surface area contributed by atoms with E-state index in [2.05, 4.69) is 82.7 Å². The standard InChI is InChI=1S/C34H32N3O2/c1-25-21-29(37-34(25)30(18-19-35)31-13-8-20-36(31)37)16-14-26-15-17-32(38-23-27-9-4-2-5-10-27)33(22-26)39-24-28-11-6-3-7-12-28/h2-17,20-22H,18-19,23-24,35H2,1H3/q+1. The van der Waals surface area contributed by atoms with Crippen LogP contribution in [0.2, 0.25) is 0 Å². The first-order valence-corrected chi connectivity index (χ1v) is 13.3. The van der Waals surface area contributed by atoms with Crippen molar-refractivity contribution in [3.8, 4) is 11.5 Å². The van der Waals surface area contributed by atoms with E-state index in [1.807, 2.05) is 48.5 Å². The number of aryl methyl sites for hydroxylation is 1. The first-order valence-electron chi connectivity index (χ1n) is 13.3. The Bertz CT molecular complexity index is 1720. The second-order valence-electron chi connectivity index (χ2n) is 9.76. The van der Waals surface area contributed by atoms with Crippen LogP contribution in [0.4, 0.5) is 0 Å². The van der Waals surface area contributed by atoms with Gasteiger partial charge in [0.1, 0.15) is 24.4 Å². The number of allylic oxidation sites excluding steroid dienone is 1. The average Bonchev–Trinajstić information content (AvgIpc) is 3.65. The summed E-state index contributed by atoms with van der Waals surface area (Å²) in [7, 11) is 0. The summed E-state index contributed by atoms with van der Waals surface area (Å²) in [4.78, 5) is 0. The van der Waals surface area contributed by atoms with Gasteiger partial charge in [-0.3, -0.25) is 0 Å². The van der Waals surface area contributed by atoms with E-state index in [1.165, 1.54) is 22.3 Å². The number of hydrogen-bond acceptors (Lipinski definition) is 3. The molecule has 5 nitrogen and oxygen atoms in total. The van der Waals surface area contributed by atoms with Crippen LogP contribution in [-0.2, 0) is 19.6 Å². The van der Waals surface area contributed by atoms with Crippen molar-refractivity contribution >= 4 is 23.7 Å². The third-order valence-electron chi connectivity index (χ3n) is 7.02. The highest BCUT2D eigenvalue weighted by Crippen LogP contribution is 2.31. The molecule has 0 unspecified atom stereocenters. The van der Waals surface area contributed by atoms with Gasteiger partial charge < -0.3 is 15.2 Å². The molecular formula is C34H32N3O2+. The van der Waals surface area contributed by atoms with Crippen LogP contribution >= 0.6 is 0 Å². The van der Waals surface area contributed by atoms with E-state index in [4.69, 9.17) is 15.2 Å². The van der Waals surface area contributed by atoms with Gasteiger partial charge in [-0.25, -0.2) is 0 Å². The molecule has 2 N–H and O–H groups in total. The summed E-state index contributed by atoms with van der Waals surface area (Å²) >= 11 is 0. The van der Waals surface area contributed by atoms with Crippen molar-refractivity contribution in [1.29, 1.82) is 0 Å². The lowest BCUT2D eigenvalue weighted by atomic mass is 10.1. The smallest absolute Gasteiger partial charge is 0.242 e. The Hall–Kier alpha value is -4.61. The molecule has 0 atom stereocenters. The van der Waals surface area contributed by atoms with Gasteiger partial charge in [0, 0.05) is 12.2 Å². The lowest BCUT2D eigenvalue weighted by Gasteiger charge is -2.14. The van der Waals surface area contributed by atoms with E-state index in [9.17, 15) is 0 Å². The molecule has 3 heterocycles. The molecule has 0 saturated heterocycles. The van der Waals surface area contributed by atoms with Crippen LogP contribution < -0.4 is 19.6 Å². The normalized spacial score (nSPS) is 12.3. The van der Waals surface area contributed by atoms with E-state index in [1.54, 1.807) is 0 Å². The quantitative estimate of drug-likeness (QED) is 0.229. The van der Waals surface area contributed by atoms with E-state index >= 15 is 0 Å². The van der Waals surface area contributed by atoms with Crippen molar-refractivity contribution in [2.75, 3.05) is 6.54 Å². The second-order valence-corrected chi connectivity index (χ2v) is 9.76. The zero-order valence-corrected chi connectivity index (χ0v) is 22.1. The van der Waals surface area contributed by atoms with E-state index in [-0.39, 0.29) is 0 Å². The maximum absolute atomic E-state index is 6.28. The summed E-state index contributed by atoms with van der Waals surface area (Å²) < 4.78 is 16.9. The third kappa shape index (κ3) is 5.09. The molecule has 0 amide bonds. The van der Waals surface area contributed by atoms with Crippen molar-refractivity contribution in [2.45, 2.75) is 26.6 Å². The topological polar surface area (TPSA) is 54.8 Å². The lowest BCUT2D eigenvalue weighted by Crippen LogP contribution is -2.24. The van der Waals surface area contributed by atoms with Crippen LogP contribution in [0, 0.1) is 13.1 Å². The molecule has 194 valence electrons. The van der Waals surface area contributed by atoms with Gasteiger partial charge in [-0.05, 0) is 66.4 Å². The molecule has 1 aliphatic heterocycles.